The quantitative estimate of drug-likeness (QED) is 0.371. The zero-order valence-corrected chi connectivity index (χ0v) is 7.39. The first kappa shape index (κ1) is 10.5. The van der Waals surface area contributed by atoms with E-state index >= 15 is 0 Å². The summed E-state index contributed by atoms with van der Waals surface area (Å²) in [6, 6.07) is 0. The molecule has 0 rings (SSSR count). The van der Waals surface area contributed by atoms with Gasteiger partial charge in [-0.15, -0.1) is 0 Å². The van der Waals surface area contributed by atoms with E-state index in [0.717, 1.165) is 0 Å². The zero-order valence-electron chi connectivity index (χ0n) is 2.92. The van der Waals surface area contributed by atoms with Gasteiger partial charge >= 0.3 is 45.5 Å². The van der Waals surface area contributed by atoms with Gasteiger partial charge in [0.25, 0.3) is 0 Å². The predicted octanol–water partition coefficient (Wildman–Crippen LogP) is -4.25. The van der Waals surface area contributed by atoms with Gasteiger partial charge < -0.3 is 19.2 Å². The van der Waals surface area contributed by atoms with Gasteiger partial charge in [-0.2, -0.15) is 0 Å². The number of hydrogen-bond acceptors (Lipinski definition) is 4. The Morgan fingerprint density at radius 2 is 1.17 bits per heavy atom. The van der Waals surface area contributed by atoms with E-state index in [-0.39, 0.29) is 45.5 Å². The molecule has 0 heterocycles. The van der Waals surface area contributed by atoms with E-state index in [2.05, 4.69) is 0 Å². The average Bonchev–Trinajstić information content (AvgIpc) is 0.722. The largest absolute Gasteiger partial charge is 2.00 e. The third-order valence-electron chi connectivity index (χ3n) is 0. The SMILES string of the molecule is [O-][Si]([O-])(O)O.[Sr+2]. The first-order valence-corrected chi connectivity index (χ1v) is 2.57. The molecule has 32 valence electrons. The van der Waals surface area contributed by atoms with E-state index in [4.69, 9.17) is 19.2 Å². The molecular weight excluding hydrogens is 180 g/mol. The summed E-state index contributed by atoms with van der Waals surface area (Å²) in [6.45, 7) is 0. The van der Waals surface area contributed by atoms with E-state index in [1.807, 2.05) is 0 Å². The first-order chi connectivity index (χ1) is 2.00. The maximum atomic E-state index is 8.80. The second-order valence-corrected chi connectivity index (χ2v) is 1.65. The molecule has 0 aliphatic rings. The third kappa shape index (κ3) is 48.2. The minimum Gasteiger partial charge on any atom is -0.828 e. The van der Waals surface area contributed by atoms with Crippen molar-refractivity contribution in [3.05, 3.63) is 0 Å². The predicted molar refractivity (Wildman–Crippen MR) is 15.9 cm³/mol. The monoisotopic (exact) mass is 182 g/mol. The van der Waals surface area contributed by atoms with Gasteiger partial charge in [0.2, 0.25) is 0 Å². The standard InChI is InChI=1S/H2O4Si.Sr/c1-5(2,3)4;/h1-2H;/q-2;+2. The molecular formula is H2O4SiSr. The Morgan fingerprint density at radius 1 is 1.17 bits per heavy atom. The molecule has 0 radical (unpaired) electrons. The maximum absolute atomic E-state index is 8.80. The van der Waals surface area contributed by atoms with Gasteiger partial charge in [-0.3, -0.25) is 0 Å². The van der Waals surface area contributed by atoms with Gasteiger partial charge in [0.15, 0.2) is 0 Å². The van der Waals surface area contributed by atoms with Crippen molar-refractivity contribution in [2.24, 2.45) is 0 Å². The second-order valence-electron chi connectivity index (χ2n) is 0.548. The van der Waals surface area contributed by atoms with Crippen molar-refractivity contribution in [2.45, 2.75) is 0 Å². The molecule has 0 atom stereocenters. The molecule has 0 aliphatic carbocycles. The van der Waals surface area contributed by atoms with Gasteiger partial charge in [0.1, 0.15) is 9.05 Å². The summed E-state index contributed by atoms with van der Waals surface area (Å²) in [7, 11) is -5.11. The van der Waals surface area contributed by atoms with E-state index in [1.165, 1.54) is 0 Å². The van der Waals surface area contributed by atoms with Crippen molar-refractivity contribution in [2.75, 3.05) is 0 Å². The summed E-state index contributed by atoms with van der Waals surface area (Å²) in [4.78, 5) is 31.8. The second kappa shape index (κ2) is 3.53. The molecule has 6 heavy (non-hydrogen) atoms. The molecule has 0 saturated carbocycles. The molecule has 0 aromatic heterocycles. The fourth-order valence-electron chi connectivity index (χ4n) is 0. The van der Waals surface area contributed by atoms with Crippen molar-refractivity contribution >= 4 is 54.5 Å². The molecule has 0 unspecified atom stereocenters. The van der Waals surface area contributed by atoms with Gasteiger partial charge in [0.05, 0.1) is 0 Å². The molecule has 6 heteroatoms. The molecule has 0 spiro atoms. The van der Waals surface area contributed by atoms with Crippen molar-refractivity contribution in [1.82, 2.24) is 0 Å². The van der Waals surface area contributed by atoms with Crippen LogP contribution in [0.3, 0.4) is 0 Å². The molecule has 0 saturated heterocycles. The Bertz CT molecular complexity index is 23.0. The third-order valence-corrected chi connectivity index (χ3v) is 0. The molecule has 0 fully saturated rings. The molecule has 0 bridgehead atoms. The molecule has 0 aromatic carbocycles. The zero-order chi connectivity index (χ0) is 4.50. The Hall–Kier alpha value is 1.54. The minimum atomic E-state index is -5.11. The number of rotatable bonds is 0. The van der Waals surface area contributed by atoms with Gasteiger partial charge in [0, 0.05) is 0 Å². The van der Waals surface area contributed by atoms with Crippen LogP contribution in [0.25, 0.3) is 0 Å². The van der Waals surface area contributed by atoms with Crippen molar-refractivity contribution < 1.29 is 19.2 Å². The van der Waals surface area contributed by atoms with E-state index in [0.29, 0.717) is 0 Å². The van der Waals surface area contributed by atoms with E-state index in [1.54, 1.807) is 0 Å². The molecule has 4 nitrogen and oxygen atoms in total. The van der Waals surface area contributed by atoms with Gasteiger partial charge in [-0.05, 0) is 0 Å². The van der Waals surface area contributed by atoms with Crippen LogP contribution in [0, 0.1) is 0 Å². The molecule has 2 N–H and O–H groups in total. The summed E-state index contributed by atoms with van der Waals surface area (Å²) >= 11 is 0. The smallest absolute Gasteiger partial charge is 0.828 e. The Kier molecular flexibility index (Phi) is 6.18. The van der Waals surface area contributed by atoms with Gasteiger partial charge in [-0.25, -0.2) is 0 Å². The van der Waals surface area contributed by atoms with E-state index < -0.39 is 9.05 Å². The summed E-state index contributed by atoms with van der Waals surface area (Å²) in [5.74, 6) is 0. The normalized spacial score (nSPS) is 10.0. The minimum absolute atomic E-state index is 0. The molecule has 0 amide bonds. The fourth-order valence-corrected chi connectivity index (χ4v) is 0. The van der Waals surface area contributed by atoms with E-state index in [9.17, 15) is 0 Å². The average molecular weight is 182 g/mol. The van der Waals surface area contributed by atoms with Crippen LogP contribution in [0.4, 0.5) is 0 Å². The fraction of sp³-hybridized carbons (Fsp3) is 0. The van der Waals surface area contributed by atoms with Crippen LogP contribution in [0.15, 0.2) is 0 Å². The van der Waals surface area contributed by atoms with Crippen LogP contribution in [0.1, 0.15) is 0 Å². The van der Waals surface area contributed by atoms with Crippen LogP contribution in [-0.2, 0) is 0 Å². The van der Waals surface area contributed by atoms with Crippen LogP contribution < -0.4 is 9.59 Å². The first-order valence-electron chi connectivity index (χ1n) is 0.855. The van der Waals surface area contributed by atoms with Gasteiger partial charge in [-0.1, -0.05) is 0 Å². The number of hydrogen-bond donors (Lipinski definition) is 2. The van der Waals surface area contributed by atoms with Crippen LogP contribution >= 0.6 is 0 Å². The topological polar surface area (TPSA) is 86.6 Å². The van der Waals surface area contributed by atoms with Crippen LogP contribution in [-0.4, -0.2) is 64.1 Å². The van der Waals surface area contributed by atoms with Crippen LogP contribution in [0.2, 0.25) is 0 Å². The summed E-state index contributed by atoms with van der Waals surface area (Å²) in [6.07, 6.45) is 0. The Balaban J connectivity index is 0. The van der Waals surface area contributed by atoms with Crippen LogP contribution in [0.5, 0.6) is 0 Å². The molecule has 0 aliphatic heterocycles. The van der Waals surface area contributed by atoms with Crippen molar-refractivity contribution in [3.8, 4) is 0 Å². The summed E-state index contributed by atoms with van der Waals surface area (Å²) < 4.78 is 0. The molecule has 0 aromatic rings. The summed E-state index contributed by atoms with van der Waals surface area (Å²) in [5.41, 5.74) is 0. The summed E-state index contributed by atoms with van der Waals surface area (Å²) in [5, 5.41) is 0. The Labute approximate surface area is 72.8 Å². The Morgan fingerprint density at radius 3 is 1.17 bits per heavy atom. The maximum Gasteiger partial charge on any atom is 2.00 e. The van der Waals surface area contributed by atoms with Crippen molar-refractivity contribution in [3.63, 3.8) is 0 Å². The van der Waals surface area contributed by atoms with Crippen molar-refractivity contribution in [1.29, 1.82) is 0 Å².